The summed E-state index contributed by atoms with van der Waals surface area (Å²) in [5.41, 5.74) is 5.71. The average Bonchev–Trinajstić information content (AvgIpc) is 2.69. The Morgan fingerprint density at radius 1 is 1.14 bits per heavy atom. The first-order valence-corrected chi connectivity index (χ1v) is 11.0. The topological polar surface area (TPSA) is 69.4 Å². The summed E-state index contributed by atoms with van der Waals surface area (Å²) in [5.74, 6) is -2.61. The average molecular weight is 428 g/mol. The minimum absolute atomic E-state index is 0.0242. The summed E-state index contributed by atoms with van der Waals surface area (Å²) in [5, 5.41) is 0.390. The molecule has 4 nitrogen and oxygen atoms in total. The second-order valence-corrected chi connectivity index (χ2v) is 10.0. The molecule has 3 atom stereocenters. The van der Waals surface area contributed by atoms with E-state index in [2.05, 4.69) is 0 Å². The second kappa shape index (κ2) is 6.97. The van der Waals surface area contributed by atoms with Gasteiger partial charge in [0.1, 0.15) is 10.6 Å². The number of fused-ring (bicyclic) bond motifs is 3. The molecule has 2 aliphatic rings. The van der Waals surface area contributed by atoms with Crippen molar-refractivity contribution in [1.82, 2.24) is 0 Å². The number of nitrogens with two attached hydrogens (primary N) is 1. The lowest BCUT2D eigenvalue weighted by Gasteiger charge is -2.50. The molecule has 28 heavy (non-hydrogen) atoms. The molecule has 2 aromatic carbocycles. The van der Waals surface area contributed by atoms with Crippen LogP contribution in [0.2, 0.25) is 5.02 Å². The van der Waals surface area contributed by atoms with Gasteiger partial charge in [-0.25, -0.2) is 17.2 Å². The van der Waals surface area contributed by atoms with Crippen LogP contribution in [0.1, 0.15) is 24.8 Å². The lowest BCUT2D eigenvalue weighted by molar-refractivity contribution is 0.0787. The third-order valence-corrected chi connectivity index (χ3v) is 8.90. The van der Waals surface area contributed by atoms with E-state index in [1.54, 1.807) is 0 Å². The van der Waals surface area contributed by atoms with Gasteiger partial charge in [-0.05, 0) is 61.7 Å². The number of ether oxygens (including phenoxy) is 1. The van der Waals surface area contributed by atoms with E-state index in [1.807, 2.05) is 0 Å². The fourth-order valence-corrected chi connectivity index (χ4v) is 7.36. The van der Waals surface area contributed by atoms with Crippen molar-refractivity contribution in [2.45, 2.75) is 28.9 Å². The molecule has 8 heteroatoms. The van der Waals surface area contributed by atoms with Crippen LogP contribution in [0.3, 0.4) is 0 Å². The molecule has 150 valence electrons. The minimum Gasteiger partial charge on any atom is -0.490 e. The standard InChI is InChI=1S/C20H20ClF2NO3S/c21-13-3-5-14(6-4-13)28(25,26)20-9-1-2-12(10-24)15(20)11-27-19-17(23)8-7-16(22)18(19)20/h3-8,12,15H,1-2,9-11,24H2/t12-,15-,20-/m0/s1. The van der Waals surface area contributed by atoms with E-state index >= 15 is 4.39 Å². The van der Waals surface area contributed by atoms with Crippen molar-refractivity contribution in [2.75, 3.05) is 13.2 Å². The number of benzene rings is 2. The zero-order valence-corrected chi connectivity index (χ0v) is 16.6. The molecule has 0 spiro atoms. The first-order valence-electron chi connectivity index (χ1n) is 9.14. The van der Waals surface area contributed by atoms with Crippen molar-refractivity contribution >= 4 is 21.4 Å². The molecule has 0 unspecified atom stereocenters. The van der Waals surface area contributed by atoms with Crippen molar-refractivity contribution in [3.05, 3.63) is 58.6 Å². The Balaban J connectivity index is 2.04. The monoisotopic (exact) mass is 427 g/mol. The predicted octanol–water partition coefficient (Wildman–Crippen LogP) is 4.05. The Kier molecular flexibility index (Phi) is 4.88. The van der Waals surface area contributed by atoms with E-state index in [4.69, 9.17) is 22.1 Å². The number of hydrogen-bond donors (Lipinski definition) is 1. The maximum Gasteiger partial charge on any atom is 0.188 e. The van der Waals surface area contributed by atoms with Crippen LogP contribution < -0.4 is 10.5 Å². The van der Waals surface area contributed by atoms with E-state index in [-0.39, 0.29) is 41.7 Å². The van der Waals surface area contributed by atoms with Gasteiger partial charge in [0.15, 0.2) is 21.4 Å². The quantitative estimate of drug-likeness (QED) is 0.802. The third kappa shape index (κ3) is 2.67. The predicted molar refractivity (Wildman–Crippen MR) is 102 cm³/mol. The fraction of sp³-hybridized carbons (Fsp3) is 0.400. The van der Waals surface area contributed by atoms with Gasteiger partial charge < -0.3 is 10.5 Å². The van der Waals surface area contributed by atoms with Crippen molar-refractivity contribution in [2.24, 2.45) is 17.6 Å². The molecule has 2 aromatic rings. The van der Waals surface area contributed by atoms with Gasteiger partial charge in [0.25, 0.3) is 0 Å². The van der Waals surface area contributed by atoms with Crippen LogP contribution in [-0.4, -0.2) is 21.6 Å². The van der Waals surface area contributed by atoms with Crippen molar-refractivity contribution in [3.63, 3.8) is 0 Å². The van der Waals surface area contributed by atoms with Crippen LogP contribution in [0.15, 0.2) is 41.3 Å². The van der Waals surface area contributed by atoms with Crippen molar-refractivity contribution in [1.29, 1.82) is 0 Å². The van der Waals surface area contributed by atoms with Gasteiger partial charge in [-0.3, -0.25) is 0 Å². The van der Waals surface area contributed by atoms with Crippen LogP contribution >= 0.6 is 11.6 Å². The Labute approximate surface area is 167 Å². The number of sulfone groups is 1. The smallest absolute Gasteiger partial charge is 0.188 e. The van der Waals surface area contributed by atoms with Gasteiger partial charge in [-0.2, -0.15) is 0 Å². The molecule has 2 N–H and O–H groups in total. The lowest BCUT2D eigenvalue weighted by atomic mass is 9.67. The summed E-state index contributed by atoms with van der Waals surface area (Å²) >= 11 is 5.91. The molecule has 0 aromatic heterocycles. The van der Waals surface area contributed by atoms with Gasteiger partial charge in [-0.15, -0.1) is 0 Å². The van der Waals surface area contributed by atoms with Gasteiger partial charge in [0, 0.05) is 10.9 Å². The first-order chi connectivity index (χ1) is 13.3. The molecule has 1 fully saturated rings. The molecule has 0 bridgehead atoms. The Bertz CT molecular complexity index is 1010. The van der Waals surface area contributed by atoms with E-state index in [0.717, 1.165) is 12.1 Å². The van der Waals surface area contributed by atoms with Crippen LogP contribution in [-0.2, 0) is 14.6 Å². The van der Waals surface area contributed by atoms with Crippen LogP contribution in [0.25, 0.3) is 0 Å². The van der Waals surface area contributed by atoms with Crippen LogP contribution in [0.5, 0.6) is 5.75 Å². The van der Waals surface area contributed by atoms with Gasteiger partial charge in [0.2, 0.25) is 0 Å². The molecular weight excluding hydrogens is 408 g/mol. The third-order valence-electron chi connectivity index (χ3n) is 6.09. The Morgan fingerprint density at radius 2 is 1.82 bits per heavy atom. The summed E-state index contributed by atoms with van der Waals surface area (Å²) < 4.78 is 61.3. The van der Waals surface area contributed by atoms with Crippen LogP contribution in [0, 0.1) is 23.5 Å². The van der Waals surface area contributed by atoms with Gasteiger partial charge >= 0.3 is 0 Å². The van der Waals surface area contributed by atoms with E-state index in [9.17, 15) is 12.8 Å². The molecular formula is C20H20ClF2NO3S. The summed E-state index contributed by atoms with van der Waals surface area (Å²) in [7, 11) is -4.10. The summed E-state index contributed by atoms with van der Waals surface area (Å²) in [6.45, 7) is 0.222. The molecule has 1 aliphatic heterocycles. The fourth-order valence-electron chi connectivity index (χ4n) is 4.79. The summed E-state index contributed by atoms with van der Waals surface area (Å²) in [6.07, 6.45) is 1.44. The second-order valence-electron chi connectivity index (χ2n) is 7.39. The maximum absolute atomic E-state index is 15.0. The highest BCUT2D eigenvalue weighted by Gasteiger charge is 2.60. The number of rotatable bonds is 3. The molecule has 1 aliphatic carbocycles. The van der Waals surface area contributed by atoms with Gasteiger partial charge in [-0.1, -0.05) is 18.0 Å². The van der Waals surface area contributed by atoms with Crippen LogP contribution in [0.4, 0.5) is 8.78 Å². The molecule has 0 saturated heterocycles. The highest BCUT2D eigenvalue weighted by molar-refractivity contribution is 7.92. The summed E-state index contributed by atoms with van der Waals surface area (Å²) in [6, 6.07) is 7.69. The lowest BCUT2D eigenvalue weighted by Crippen LogP contribution is -2.55. The minimum atomic E-state index is -4.10. The Hall–Kier alpha value is -1.70. The maximum atomic E-state index is 15.0. The van der Waals surface area contributed by atoms with E-state index in [0.29, 0.717) is 17.9 Å². The number of halogens is 3. The highest BCUT2D eigenvalue weighted by atomic mass is 35.5. The molecule has 1 saturated carbocycles. The zero-order valence-electron chi connectivity index (χ0n) is 15.0. The first kappa shape index (κ1) is 19.6. The summed E-state index contributed by atoms with van der Waals surface area (Å²) in [4.78, 5) is 0.0242. The molecule has 0 amide bonds. The highest BCUT2D eigenvalue weighted by Crippen LogP contribution is 2.57. The number of hydrogen-bond acceptors (Lipinski definition) is 4. The molecule has 1 heterocycles. The largest absolute Gasteiger partial charge is 0.490 e. The molecule has 4 rings (SSSR count). The molecule has 0 radical (unpaired) electrons. The Morgan fingerprint density at radius 3 is 2.50 bits per heavy atom. The van der Waals surface area contributed by atoms with E-state index < -0.39 is 32.1 Å². The van der Waals surface area contributed by atoms with Crippen molar-refractivity contribution < 1.29 is 21.9 Å². The van der Waals surface area contributed by atoms with Crippen molar-refractivity contribution in [3.8, 4) is 5.75 Å². The van der Waals surface area contributed by atoms with Gasteiger partial charge in [0.05, 0.1) is 17.1 Å². The zero-order chi connectivity index (χ0) is 20.1. The SMILES string of the molecule is NC[C@@H]1CCC[C@@]2(S(=O)(=O)c3ccc(Cl)cc3)c3c(F)ccc(F)c3OC[C@@H]12. The normalized spacial score (nSPS) is 26.9. The van der Waals surface area contributed by atoms with E-state index in [1.165, 1.54) is 24.3 Å².